The summed E-state index contributed by atoms with van der Waals surface area (Å²) in [7, 11) is 0. The predicted octanol–water partition coefficient (Wildman–Crippen LogP) is 4.61. The molecule has 0 aliphatic rings. The minimum absolute atomic E-state index is 0.372. The Morgan fingerprint density at radius 2 is 1.96 bits per heavy atom. The normalized spacial score (nSPS) is 14.3. The van der Waals surface area contributed by atoms with Crippen molar-refractivity contribution in [2.75, 3.05) is 6.61 Å². The summed E-state index contributed by atoms with van der Waals surface area (Å²) in [5, 5.41) is 9.12. The molecule has 2 unspecified atom stereocenters. The molecule has 0 saturated carbocycles. The quantitative estimate of drug-likeness (QED) is 0.389. The molecule has 0 spiro atoms. The van der Waals surface area contributed by atoms with Gasteiger partial charge in [-0.05, 0) is 57.4 Å². The molecule has 0 amide bonds. The molecule has 0 aromatic heterocycles. The van der Waals surface area contributed by atoms with Gasteiger partial charge in [-0.2, -0.15) is 0 Å². The van der Waals surface area contributed by atoms with Crippen LogP contribution < -0.4 is 0 Å². The zero-order chi connectivity index (χ0) is 17.1. The summed E-state index contributed by atoms with van der Waals surface area (Å²) in [6.45, 7) is 6.15. The Bertz CT molecular complexity index is 477. The van der Waals surface area contributed by atoms with E-state index in [0.717, 1.165) is 32.1 Å². The summed E-state index contributed by atoms with van der Waals surface area (Å²) in [5.41, 5.74) is 2.78. The molecule has 0 saturated heterocycles. The van der Waals surface area contributed by atoms with Crippen molar-refractivity contribution in [3.8, 4) is 0 Å². The first kappa shape index (κ1) is 19.4. The molecule has 3 heteroatoms. The Kier molecular flexibility index (Phi) is 9.30. The average Bonchev–Trinajstić information content (AvgIpc) is 2.54. The van der Waals surface area contributed by atoms with E-state index in [4.69, 9.17) is 9.84 Å². The first-order chi connectivity index (χ1) is 11.0. The molecule has 23 heavy (non-hydrogen) atoms. The van der Waals surface area contributed by atoms with Crippen molar-refractivity contribution in [3.63, 3.8) is 0 Å². The molecule has 0 heterocycles. The lowest BCUT2D eigenvalue weighted by Crippen LogP contribution is -2.19. The molecule has 1 aromatic rings. The van der Waals surface area contributed by atoms with Crippen LogP contribution in [0.1, 0.15) is 64.4 Å². The molecule has 1 rings (SSSR count). The minimum atomic E-state index is -1.04. The molecule has 3 nitrogen and oxygen atoms in total. The number of aliphatic hydroxyl groups excluding tert-OH is 1. The SMILES string of the molecule is CC/C=C(\C)CCC(CCCOC(=O)C(C)O)c1ccccc1. The van der Waals surface area contributed by atoms with Crippen LogP contribution in [-0.2, 0) is 9.53 Å². The lowest BCUT2D eigenvalue weighted by molar-refractivity contribution is -0.152. The van der Waals surface area contributed by atoms with Gasteiger partial charge < -0.3 is 9.84 Å². The number of allylic oxidation sites excluding steroid dienone is 2. The van der Waals surface area contributed by atoms with Crippen LogP contribution in [0.5, 0.6) is 0 Å². The first-order valence-corrected chi connectivity index (χ1v) is 8.59. The van der Waals surface area contributed by atoms with Gasteiger partial charge in [0.25, 0.3) is 0 Å². The van der Waals surface area contributed by atoms with Gasteiger partial charge in [-0.25, -0.2) is 4.79 Å². The lowest BCUT2D eigenvalue weighted by Gasteiger charge is -2.18. The van der Waals surface area contributed by atoms with Crippen molar-refractivity contribution in [1.29, 1.82) is 0 Å². The fourth-order valence-corrected chi connectivity index (χ4v) is 2.68. The third-order valence-corrected chi connectivity index (χ3v) is 3.99. The van der Waals surface area contributed by atoms with Crippen LogP contribution >= 0.6 is 0 Å². The van der Waals surface area contributed by atoms with Gasteiger partial charge in [0, 0.05) is 0 Å². The Labute approximate surface area is 140 Å². The molecular formula is C20H30O3. The number of ether oxygens (including phenoxy) is 1. The maximum absolute atomic E-state index is 11.3. The largest absolute Gasteiger partial charge is 0.464 e. The molecule has 0 radical (unpaired) electrons. The number of aliphatic hydroxyl groups is 1. The molecule has 0 bridgehead atoms. The van der Waals surface area contributed by atoms with Crippen LogP contribution in [0.25, 0.3) is 0 Å². The van der Waals surface area contributed by atoms with E-state index in [1.165, 1.54) is 18.1 Å². The zero-order valence-electron chi connectivity index (χ0n) is 14.6. The first-order valence-electron chi connectivity index (χ1n) is 8.59. The van der Waals surface area contributed by atoms with Gasteiger partial charge in [-0.15, -0.1) is 0 Å². The van der Waals surface area contributed by atoms with Crippen LogP contribution in [0.3, 0.4) is 0 Å². The number of carbonyl (C=O) groups is 1. The van der Waals surface area contributed by atoms with Gasteiger partial charge >= 0.3 is 5.97 Å². The van der Waals surface area contributed by atoms with Gasteiger partial charge in [0.05, 0.1) is 6.61 Å². The minimum Gasteiger partial charge on any atom is -0.464 e. The van der Waals surface area contributed by atoms with Gasteiger partial charge in [0.15, 0.2) is 0 Å². The van der Waals surface area contributed by atoms with Crippen molar-refractivity contribution in [2.45, 2.75) is 64.9 Å². The fraction of sp³-hybridized carbons (Fsp3) is 0.550. The Hall–Kier alpha value is -1.61. The van der Waals surface area contributed by atoms with E-state index < -0.39 is 12.1 Å². The highest BCUT2D eigenvalue weighted by Crippen LogP contribution is 2.28. The highest BCUT2D eigenvalue weighted by atomic mass is 16.5. The number of benzene rings is 1. The molecule has 0 fully saturated rings. The molecule has 0 aliphatic carbocycles. The highest BCUT2D eigenvalue weighted by molar-refractivity contribution is 5.73. The number of rotatable bonds is 10. The summed E-state index contributed by atoms with van der Waals surface area (Å²) in [4.78, 5) is 11.3. The fourth-order valence-electron chi connectivity index (χ4n) is 2.68. The standard InChI is InChI=1S/C20H30O3/c1-4-9-16(2)13-14-19(18-10-6-5-7-11-18)12-8-15-23-20(22)17(3)21/h5-7,9-11,17,19,21H,4,8,12-15H2,1-3H3/b16-9+. The summed E-state index contributed by atoms with van der Waals surface area (Å²) >= 11 is 0. The summed E-state index contributed by atoms with van der Waals surface area (Å²) in [6, 6.07) is 10.5. The van der Waals surface area contributed by atoms with E-state index in [-0.39, 0.29) is 0 Å². The third-order valence-electron chi connectivity index (χ3n) is 3.99. The summed E-state index contributed by atoms with van der Waals surface area (Å²) in [5.74, 6) is -0.0651. The second kappa shape index (κ2) is 11.0. The van der Waals surface area contributed by atoms with Gasteiger partial charge in [0.1, 0.15) is 6.10 Å². The van der Waals surface area contributed by atoms with Crippen LogP contribution in [0.4, 0.5) is 0 Å². The second-order valence-electron chi connectivity index (χ2n) is 6.09. The van der Waals surface area contributed by atoms with E-state index in [1.807, 2.05) is 6.07 Å². The Morgan fingerprint density at radius 3 is 2.57 bits per heavy atom. The van der Waals surface area contributed by atoms with E-state index in [2.05, 4.69) is 44.2 Å². The van der Waals surface area contributed by atoms with E-state index in [9.17, 15) is 4.79 Å². The van der Waals surface area contributed by atoms with Gasteiger partial charge in [-0.3, -0.25) is 0 Å². The van der Waals surface area contributed by atoms with Crippen molar-refractivity contribution in [1.82, 2.24) is 0 Å². The molecule has 1 aromatic carbocycles. The third kappa shape index (κ3) is 7.98. The van der Waals surface area contributed by atoms with Crippen molar-refractivity contribution in [3.05, 3.63) is 47.5 Å². The number of hydrogen-bond donors (Lipinski definition) is 1. The van der Waals surface area contributed by atoms with E-state index >= 15 is 0 Å². The van der Waals surface area contributed by atoms with Crippen LogP contribution in [0.15, 0.2) is 42.0 Å². The maximum atomic E-state index is 11.3. The van der Waals surface area contributed by atoms with E-state index in [0.29, 0.717) is 12.5 Å². The van der Waals surface area contributed by atoms with Crippen molar-refractivity contribution < 1.29 is 14.6 Å². The van der Waals surface area contributed by atoms with Crippen molar-refractivity contribution in [2.24, 2.45) is 0 Å². The maximum Gasteiger partial charge on any atom is 0.334 e. The zero-order valence-corrected chi connectivity index (χ0v) is 14.6. The summed E-state index contributed by atoms with van der Waals surface area (Å²) in [6.07, 6.45) is 6.33. The Balaban J connectivity index is 2.52. The van der Waals surface area contributed by atoms with Crippen LogP contribution in [0, 0.1) is 0 Å². The summed E-state index contributed by atoms with van der Waals surface area (Å²) < 4.78 is 5.05. The predicted molar refractivity (Wildman–Crippen MR) is 94.3 cm³/mol. The van der Waals surface area contributed by atoms with E-state index in [1.54, 1.807) is 0 Å². The molecule has 0 aliphatic heterocycles. The van der Waals surface area contributed by atoms with Crippen molar-refractivity contribution >= 4 is 5.97 Å². The lowest BCUT2D eigenvalue weighted by atomic mass is 9.89. The van der Waals surface area contributed by atoms with Crippen LogP contribution in [-0.4, -0.2) is 23.8 Å². The molecule has 2 atom stereocenters. The monoisotopic (exact) mass is 318 g/mol. The molecular weight excluding hydrogens is 288 g/mol. The van der Waals surface area contributed by atoms with Gasteiger partial charge in [0.2, 0.25) is 0 Å². The van der Waals surface area contributed by atoms with Crippen LogP contribution in [0.2, 0.25) is 0 Å². The number of hydrogen-bond acceptors (Lipinski definition) is 3. The molecule has 128 valence electrons. The van der Waals surface area contributed by atoms with Gasteiger partial charge in [-0.1, -0.05) is 48.9 Å². The highest BCUT2D eigenvalue weighted by Gasteiger charge is 2.13. The smallest absolute Gasteiger partial charge is 0.334 e. The Morgan fingerprint density at radius 1 is 1.26 bits per heavy atom. The second-order valence-corrected chi connectivity index (χ2v) is 6.09. The number of carbonyl (C=O) groups excluding carboxylic acids is 1. The molecule has 1 N–H and O–H groups in total. The number of esters is 1. The topological polar surface area (TPSA) is 46.5 Å². The average molecular weight is 318 g/mol.